The van der Waals surface area contributed by atoms with E-state index in [1.165, 1.54) is 42.4 Å². The van der Waals surface area contributed by atoms with E-state index in [1.807, 2.05) is 27.7 Å². The summed E-state index contributed by atoms with van der Waals surface area (Å²) in [5.41, 5.74) is 2.87. The van der Waals surface area contributed by atoms with Crippen LogP contribution in [0.15, 0.2) is 30.8 Å². The maximum atomic E-state index is 13.7. The SMILES string of the molecule is C=C(CC)c1ccc(C2CCCCC2CSCC(C)(C)F)cc1.CC.CC. The van der Waals surface area contributed by atoms with Crippen LogP contribution in [-0.4, -0.2) is 17.2 Å². The van der Waals surface area contributed by atoms with Crippen molar-refractivity contribution in [3.05, 3.63) is 42.0 Å². The maximum absolute atomic E-state index is 13.7. The van der Waals surface area contributed by atoms with Crippen LogP contribution in [0, 0.1) is 5.92 Å². The summed E-state index contributed by atoms with van der Waals surface area (Å²) >= 11 is 1.79. The molecular formula is C25H43FS. The molecule has 0 spiro atoms. The van der Waals surface area contributed by atoms with E-state index < -0.39 is 5.67 Å². The second kappa shape index (κ2) is 14.3. The van der Waals surface area contributed by atoms with Crippen molar-refractivity contribution in [1.82, 2.24) is 0 Å². The first-order valence-electron chi connectivity index (χ1n) is 11.0. The van der Waals surface area contributed by atoms with Gasteiger partial charge < -0.3 is 0 Å². The highest BCUT2D eigenvalue weighted by atomic mass is 32.2. The van der Waals surface area contributed by atoms with Crippen LogP contribution in [0.1, 0.15) is 97.6 Å². The van der Waals surface area contributed by atoms with Gasteiger partial charge in [-0.05, 0) is 67.4 Å². The van der Waals surface area contributed by atoms with Gasteiger partial charge in [0.2, 0.25) is 0 Å². The molecule has 2 atom stereocenters. The van der Waals surface area contributed by atoms with Crippen molar-refractivity contribution in [2.45, 2.75) is 92.2 Å². The van der Waals surface area contributed by atoms with Crippen molar-refractivity contribution >= 4 is 17.3 Å². The first-order chi connectivity index (χ1) is 12.9. The normalized spacial score (nSPS) is 19.3. The average Bonchev–Trinajstić information content (AvgIpc) is 2.70. The third-order valence-electron chi connectivity index (χ3n) is 4.86. The van der Waals surface area contributed by atoms with E-state index in [1.54, 1.807) is 25.6 Å². The summed E-state index contributed by atoms with van der Waals surface area (Å²) in [7, 11) is 0. The fourth-order valence-electron chi connectivity index (χ4n) is 3.47. The van der Waals surface area contributed by atoms with E-state index in [0.717, 1.165) is 12.2 Å². The maximum Gasteiger partial charge on any atom is 0.114 e. The third kappa shape index (κ3) is 9.83. The smallest absolute Gasteiger partial charge is 0.114 e. The van der Waals surface area contributed by atoms with Gasteiger partial charge in [-0.15, -0.1) is 0 Å². The molecule has 2 heteroatoms. The van der Waals surface area contributed by atoms with E-state index in [0.29, 0.717) is 17.6 Å². The standard InChI is InChI=1S/C21H31FS.2C2H6/c1-5-16(2)17-10-12-18(13-11-17)20-9-7-6-8-19(20)14-23-15-21(3,4)22;2*1-2/h10-13,19-20H,2,5-9,14-15H2,1,3-4H3;2*1-2H3. The van der Waals surface area contributed by atoms with Gasteiger partial charge in [0.1, 0.15) is 5.67 Å². The summed E-state index contributed by atoms with van der Waals surface area (Å²) < 4.78 is 13.7. The first kappa shape index (κ1) is 26.2. The highest BCUT2D eigenvalue weighted by Crippen LogP contribution is 2.40. The fraction of sp³-hybridized carbons (Fsp3) is 0.680. The minimum atomic E-state index is -1.06. The van der Waals surface area contributed by atoms with Crippen LogP contribution in [0.3, 0.4) is 0 Å². The van der Waals surface area contributed by atoms with Crippen molar-refractivity contribution in [1.29, 1.82) is 0 Å². The van der Waals surface area contributed by atoms with Crippen molar-refractivity contribution in [2.75, 3.05) is 11.5 Å². The van der Waals surface area contributed by atoms with Crippen molar-refractivity contribution in [3.63, 3.8) is 0 Å². The van der Waals surface area contributed by atoms with Crippen molar-refractivity contribution in [3.8, 4) is 0 Å². The van der Waals surface area contributed by atoms with E-state index in [4.69, 9.17) is 0 Å². The number of thioether (sulfide) groups is 1. The van der Waals surface area contributed by atoms with Crippen LogP contribution in [0.4, 0.5) is 4.39 Å². The number of hydrogen-bond acceptors (Lipinski definition) is 1. The molecule has 156 valence electrons. The number of alkyl halides is 1. The van der Waals surface area contributed by atoms with Gasteiger partial charge in [-0.3, -0.25) is 0 Å². The number of halogens is 1. The molecule has 1 aromatic carbocycles. The van der Waals surface area contributed by atoms with Gasteiger partial charge in [0.05, 0.1) is 0 Å². The Morgan fingerprint density at radius 3 is 2.15 bits per heavy atom. The minimum absolute atomic E-state index is 0.603. The molecule has 0 amide bonds. The Bertz CT molecular complexity index is 498. The molecule has 0 bridgehead atoms. The first-order valence-corrected chi connectivity index (χ1v) is 12.1. The Morgan fingerprint density at radius 1 is 1.07 bits per heavy atom. The van der Waals surface area contributed by atoms with Gasteiger partial charge in [0, 0.05) is 5.75 Å². The predicted molar refractivity (Wildman–Crippen MR) is 126 cm³/mol. The van der Waals surface area contributed by atoms with Gasteiger partial charge in [-0.1, -0.05) is 78.3 Å². The zero-order valence-corrected chi connectivity index (χ0v) is 19.7. The lowest BCUT2D eigenvalue weighted by molar-refractivity contribution is 0.252. The molecule has 0 N–H and O–H groups in total. The molecule has 2 unspecified atom stereocenters. The van der Waals surface area contributed by atoms with Crippen molar-refractivity contribution in [2.24, 2.45) is 5.92 Å². The molecule has 1 aliphatic carbocycles. The van der Waals surface area contributed by atoms with E-state index in [-0.39, 0.29) is 0 Å². The molecule has 0 radical (unpaired) electrons. The highest BCUT2D eigenvalue weighted by Gasteiger charge is 2.27. The van der Waals surface area contributed by atoms with Crippen LogP contribution in [0.5, 0.6) is 0 Å². The Balaban J connectivity index is 0.00000158. The summed E-state index contributed by atoms with van der Waals surface area (Å²) in [6, 6.07) is 9.04. The molecule has 27 heavy (non-hydrogen) atoms. The second-order valence-electron chi connectivity index (χ2n) is 7.46. The predicted octanol–water partition coefficient (Wildman–Crippen LogP) is 8.92. The Labute approximate surface area is 173 Å². The van der Waals surface area contributed by atoms with Crippen LogP contribution in [0.25, 0.3) is 5.57 Å². The van der Waals surface area contributed by atoms with Gasteiger partial charge in [-0.25, -0.2) is 4.39 Å². The Morgan fingerprint density at radius 2 is 1.63 bits per heavy atom. The Kier molecular flexibility index (Phi) is 13.9. The lowest BCUT2D eigenvalue weighted by Gasteiger charge is -2.32. The minimum Gasteiger partial charge on any atom is -0.244 e. The third-order valence-corrected chi connectivity index (χ3v) is 6.41. The largest absolute Gasteiger partial charge is 0.244 e. The summed E-state index contributed by atoms with van der Waals surface area (Å²) in [4.78, 5) is 0. The highest BCUT2D eigenvalue weighted by molar-refractivity contribution is 7.99. The van der Waals surface area contributed by atoms with Crippen LogP contribution in [0.2, 0.25) is 0 Å². The molecule has 0 aliphatic heterocycles. The summed E-state index contributed by atoms with van der Waals surface area (Å²) in [6.07, 6.45) is 6.21. The quantitative estimate of drug-likeness (QED) is 0.445. The Hall–Kier alpha value is -0.760. The molecule has 2 rings (SSSR count). The number of hydrogen-bond donors (Lipinski definition) is 0. The number of benzene rings is 1. The topological polar surface area (TPSA) is 0 Å². The lowest BCUT2D eigenvalue weighted by Crippen LogP contribution is -2.22. The van der Waals surface area contributed by atoms with Crippen LogP contribution < -0.4 is 0 Å². The summed E-state index contributed by atoms with van der Waals surface area (Å²) in [5.74, 6) is 3.02. The van der Waals surface area contributed by atoms with Gasteiger partial charge in [0.15, 0.2) is 0 Å². The zero-order chi connectivity index (χ0) is 20.9. The van der Waals surface area contributed by atoms with E-state index in [2.05, 4.69) is 37.8 Å². The molecule has 1 aliphatic rings. The van der Waals surface area contributed by atoms with Crippen LogP contribution in [-0.2, 0) is 0 Å². The molecule has 0 aromatic heterocycles. The molecular weight excluding hydrogens is 351 g/mol. The molecule has 0 saturated heterocycles. The molecule has 1 saturated carbocycles. The van der Waals surface area contributed by atoms with E-state index in [9.17, 15) is 4.39 Å². The van der Waals surface area contributed by atoms with Gasteiger partial charge in [-0.2, -0.15) is 11.8 Å². The molecule has 0 nitrogen and oxygen atoms in total. The fourth-order valence-corrected chi connectivity index (χ4v) is 4.77. The number of rotatable bonds is 7. The van der Waals surface area contributed by atoms with Crippen LogP contribution >= 0.6 is 11.8 Å². The monoisotopic (exact) mass is 394 g/mol. The van der Waals surface area contributed by atoms with Gasteiger partial charge >= 0.3 is 0 Å². The zero-order valence-electron chi connectivity index (χ0n) is 18.9. The molecule has 1 aromatic rings. The second-order valence-corrected chi connectivity index (χ2v) is 8.49. The van der Waals surface area contributed by atoms with Crippen molar-refractivity contribution < 1.29 is 4.39 Å². The molecule has 0 heterocycles. The lowest BCUT2D eigenvalue weighted by atomic mass is 9.76. The molecule has 1 fully saturated rings. The van der Waals surface area contributed by atoms with E-state index >= 15 is 0 Å². The van der Waals surface area contributed by atoms with Gasteiger partial charge in [0.25, 0.3) is 0 Å². The summed E-state index contributed by atoms with van der Waals surface area (Å²) in [6.45, 7) is 17.6. The average molecular weight is 395 g/mol. The number of allylic oxidation sites excluding steroid dienone is 1. The summed E-state index contributed by atoms with van der Waals surface area (Å²) in [5, 5.41) is 0.